The minimum atomic E-state index is -0.522. The molecule has 1 aliphatic heterocycles. The number of urea groups is 1. The van der Waals surface area contributed by atoms with Crippen LogP contribution in [0.25, 0.3) is 0 Å². The molecule has 2 aliphatic rings. The highest BCUT2D eigenvalue weighted by atomic mass is 16.6. The van der Waals surface area contributed by atoms with Crippen molar-refractivity contribution in [3.8, 4) is 0 Å². The van der Waals surface area contributed by atoms with E-state index in [2.05, 4.69) is 5.32 Å². The number of carbonyl (C=O) groups excluding carboxylic acids is 2. The van der Waals surface area contributed by atoms with E-state index in [9.17, 15) is 9.59 Å². The third-order valence-corrected chi connectivity index (χ3v) is 5.54. The van der Waals surface area contributed by atoms with Crippen LogP contribution in [0.3, 0.4) is 0 Å². The van der Waals surface area contributed by atoms with E-state index in [-0.39, 0.29) is 18.1 Å². The van der Waals surface area contributed by atoms with Gasteiger partial charge in [0.25, 0.3) is 0 Å². The third kappa shape index (κ3) is 4.29. The lowest BCUT2D eigenvalue weighted by Gasteiger charge is -2.38. The summed E-state index contributed by atoms with van der Waals surface area (Å²) in [6, 6.07) is 6.82. The number of hydrogen-bond acceptors (Lipinski definition) is 4. The largest absolute Gasteiger partial charge is 0.449 e. The number of benzene rings is 1. The number of nitrogen functional groups attached to an aromatic ring is 1. The number of amides is 3. The summed E-state index contributed by atoms with van der Waals surface area (Å²) in [5.41, 5.74) is 7.49. The van der Waals surface area contributed by atoms with E-state index in [1.807, 2.05) is 31.2 Å². The molecule has 1 aromatic rings. The van der Waals surface area contributed by atoms with Crippen LogP contribution in [0, 0.1) is 5.92 Å². The number of rotatable bonds is 4. The van der Waals surface area contributed by atoms with Gasteiger partial charge in [0.05, 0.1) is 12.6 Å². The van der Waals surface area contributed by atoms with Crippen molar-refractivity contribution < 1.29 is 14.3 Å². The first-order valence-corrected chi connectivity index (χ1v) is 9.70. The number of imide groups is 1. The highest BCUT2D eigenvalue weighted by Gasteiger charge is 2.38. The van der Waals surface area contributed by atoms with E-state index in [1.54, 1.807) is 0 Å². The van der Waals surface area contributed by atoms with Crippen LogP contribution in [0.5, 0.6) is 0 Å². The predicted octanol–water partition coefficient (Wildman–Crippen LogP) is 4.22. The van der Waals surface area contributed by atoms with E-state index >= 15 is 0 Å². The molecule has 1 saturated heterocycles. The third-order valence-electron chi connectivity index (χ3n) is 5.54. The van der Waals surface area contributed by atoms with Gasteiger partial charge in [-0.15, -0.1) is 0 Å². The Morgan fingerprint density at radius 1 is 1.31 bits per heavy atom. The van der Waals surface area contributed by atoms with E-state index in [0.717, 1.165) is 18.4 Å². The Balaban J connectivity index is 1.62. The number of nitrogens with two attached hydrogens (primary N) is 1. The van der Waals surface area contributed by atoms with Crippen LogP contribution < -0.4 is 11.1 Å². The Labute approximate surface area is 155 Å². The van der Waals surface area contributed by atoms with Gasteiger partial charge in [0.2, 0.25) is 0 Å². The summed E-state index contributed by atoms with van der Waals surface area (Å²) in [6.45, 7) is 2.40. The average molecular weight is 359 g/mol. The fourth-order valence-corrected chi connectivity index (χ4v) is 4.01. The molecule has 6 nitrogen and oxygen atoms in total. The molecule has 0 radical (unpaired) electrons. The number of nitrogens with zero attached hydrogens (tertiary/aromatic N) is 1. The summed E-state index contributed by atoms with van der Waals surface area (Å²) in [4.78, 5) is 26.4. The molecule has 2 unspecified atom stereocenters. The molecule has 2 atom stereocenters. The molecule has 142 valence electrons. The first kappa shape index (κ1) is 18.5. The number of anilines is 1. The monoisotopic (exact) mass is 359 g/mol. The zero-order valence-electron chi connectivity index (χ0n) is 15.4. The molecule has 3 amide bonds. The van der Waals surface area contributed by atoms with Gasteiger partial charge in [-0.05, 0) is 49.3 Å². The number of carbonyl (C=O) groups is 2. The number of hydrogen-bond donors (Lipinski definition) is 2. The summed E-state index contributed by atoms with van der Waals surface area (Å²) in [6.07, 6.45) is 6.71. The smallest absolute Gasteiger partial charge is 0.418 e. The van der Waals surface area contributed by atoms with Gasteiger partial charge in [0, 0.05) is 11.7 Å². The fourth-order valence-electron chi connectivity index (χ4n) is 4.01. The van der Waals surface area contributed by atoms with Crippen LogP contribution in [0.2, 0.25) is 0 Å². The van der Waals surface area contributed by atoms with Crippen LogP contribution in [0.15, 0.2) is 24.3 Å². The maximum atomic E-state index is 12.6. The maximum absolute atomic E-state index is 12.6. The van der Waals surface area contributed by atoms with Gasteiger partial charge in [-0.25, -0.2) is 14.5 Å². The zero-order valence-corrected chi connectivity index (χ0v) is 15.4. The van der Waals surface area contributed by atoms with Gasteiger partial charge in [-0.3, -0.25) is 0 Å². The Morgan fingerprint density at radius 2 is 2.08 bits per heavy atom. The average Bonchev–Trinajstić information content (AvgIpc) is 2.66. The molecule has 3 rings (SSSR count). The minimum Gasteiger partial charge on any atom is -0.449 e. The lowest BCUT2D eigenvalue weighted by molar-refractivity contribution is 0.0665. The summed E-state index contributed by atoms with van der Waals surface area (Å²) < 4.78 is 5.49. The van der Waals surface area contributed by atoms with Crippen molar-refractivity contribution in [2.45, 2.75) is 64.0 Å². The summed E-state index contributed by atoms with van der Waals surface area (Å²) in [5, 5.41) is 2.92. The van der Waals surface area contributed by atoms with Gasteiger partial charge >= 0.3 is 12.1 Å². The molecule has 3 N–H and O–H groups in total. The molecule has 1 saturated carbocycles. The van der Waals surface area contributed by atoms with Crippen molar-refractivity contribution in [2.24, 2.45) is 5.92 Å². The SMILES string of the molecule is CCC1CC(c2cccc(N)c2)NC(=O)N1C(=O)OCC1CCCCC1. The standard InChI is InChI=1S/C20H29N3O3/c1-2-17-12-18(15-9-6-10-16(21)11-15)22-19(24)23(17)20(25)26-13-14-7-4-3-5-8-14/h6,9-11,14,17-18H,2-5,7-8,12-13,21H2,1H3,(H,22,24). The van der Waals surface area contributed by atoms with E-state index in [4.69, 9.17) is 10.5 Å². The predicted molar refractivity (Wildman–Crippen MR) is 101 cm³/mol. The Morgan fingerprint density at radius 3 is 2.77 bits per heavy atom. The second kappa shape index (κ2) is 8.43. The van der Waals surface area contributed by atoms with Crippen LogP contribution in [-0.2, 0) is 4.74 Å². The van der Waals surface area contributed by atoms with Crippen LogP contribution in [-0.4, -0.2) is 29.7 Å². The molecular formula is C20H29N3O3. The molecule has 0 spiro atoms. The van der Waals surface area contributed by atoms with Gasteiger partial charge in [-0.1, -0.05) is 38.3 Å². The molecule has 0 aromatic heterocycles. The maximum Gasteiger partial charge on any atom is 0.418 e. The Bertz CT molecular complexity index is 643. The van der Waals surface area contributed by atoms with Gasteiger partial charge in [-0.2, -0.15) is 0 Å². The van der Waals surface area contributed by atoms with E-state index in [1.165, 1.54) is 24.2 Å². The quantitative estimate of drug-likeness (QED) is 0.788. The van der Waals surface area contributed by atoms with Crippen LogP contribution in [0.1, 0.15) is 63.5 Å². The molecular weight excluding hydrogens is 330 g/mol. The number of nitrogens with one attached hydrogen (secondary N) is 1. The molecule has 1 aliphatic carbocycles. The lowest BCUT2D eigenvalue weighted by Crippen LogP contribution is -2.56. The summed E-state index contributed by atoms with van der Waals surface area (Å²) >= 11 is 0. The van der Waals surface area contributed by atoms with Crippen LogP contribution >= 0.6 is 0 Å². The lowest BCUT2D eigenvalue weighted by atomic mass is 9.90. The molecule has 26 heavy (non-hydrogen) atoms. The van der Waals surface area contributed by atoms with Gasteiger partial charge in [0.15, 0.2) is 0 Å². The normalized spacial score (nSPS) is 24.2. The Hall–Kier alpha value is -2.24. The first-order valence-electron chi connectivity index (χ1n) is 9.70. The van der Waals surface area contributed by atoms with Crippen molar-refractivity contribution in [2.75, 3.05) is 12.3 Å². The van der Waals surface area contributed by atoms with E-state index in [0.29, 0.717) is 31.1 Å². The molecule has 2 fully saturated rings. The fraction of sp³-hybridized carbons (Fsp3) is 0.600. The molecule has 1 heterocycles. The highest BCUT2D eigenvalue weighted by molar-refractivity contribution is 5.92. The van der Waals surface area contributed by atoms with Crippen LogP contribution in [0.4, 0.5) is 15.3 Å². The van der Waals surface area contributed by atoms with Crippen molar-refractivity contribution >= 4 is 17.8 Å². The highest BCUT2D eigenvalue weighted by Crippen LogP contribution is 2.29. The molecule has 6 heteroatoms. The summed E-state index contributed by atoms with van der Waals surface area (Å²) in [7, 11) is 0. The molecule has 1 aromatic carbocycles. The van der Waals surface area contributed by atoms with Crippen molar-refractivity contribution in [1.29, 1.82) is 0 Å². The van der Waals surface area contributed by atoms with Crippen molar-refractivity contribution in [3.63, 3.8) is 0 Å². The topological polar surface area (TPSA) is 84.7 Å². The van der Waals surface area contributed by atoms with Crippen molar-refractivity contribution in [3.05, 3.63) is 29.8 Å². The minimum absolute atomic E-state index is 0.140. The zero-order chi connectivity index (χ0) is 18.5. The number of ether oxygens (including phenoxy) is 1. The van der Waals surface area contributed by atoms with Crippen molar-refractivity contribution in [1.82, 2.24) is 10.2 Å². The first-order chi connectivity index (χ1) is 12.6. The summed E-state index contributed by atoms with van der Waals surface area (Å²) in [5.74, 6) is 0.431. The molecule has 0 bridgehead atoms. The Kier molecular flexibility index (Phi) is 6.01. The van der Waals surface area contributed by atoms with E-state index < -0.39 is 6.09 Å². The van der Waals surface area contributed by atoms with Gasteiger partial charge in [0.1, 0.15) is 0 Å². The second-order valence-corrected chi connectivity index (χ2v) is 7.42. The second-order valence-electron chi connectivity index (χ2n) is 7.42. The van der Waals surface area contributed by atoms with Gasteiger partial charge < -0.3 is 15.8 Å².